The largest absolute Gasteiger partial charge is 0.378 e. The number of rotatable bonds is 7. The number of nitrogens with zero attached hydrogens (tertiary/aromatic N) is 3. The summed E-state index contributed by atoms with van der Waals surface area (Å²) in [7, 11) is 2.24. The van der Waals surface area contributed by atoms with Gasteiger partial charge in [-0.15, -0.1) is 0 Å². The van der Waals surface area contributed by atoms with Gasteiger partial charge in [0.15, 0.2) is 11.4 Å². The van der Waals surface area contributed by atoms with E-state index in [4.69, 9.17) is 17.0 Å². The second-order valence-corrected chi connectivity index (χ2v) is 8.81. The van der Waals surface area contributed by atoms with Gasteiger partial charge >= 0.3 is 0 Å². The van der Waals surface area contributed by atoms with Gasteiger partial charge in [-0.3, -0.25) is 4.57 Å². The van der Waals surface area contributed by atoms with Crippen molar-refractivity contribution >= 4 is 17.9 Å². The van der Waals surface area contributed by atoms with Crippen molar-refractivity contribution in [3.05, 3.63) is 46.0 Å². The van der Waals surface area contributed by atoms with Gasteiger partial charge in [-0.05, 0) is 44.1 Å². The van der Waals surface area contributed by atoms with Gasteiger partial charge in [0.05, 0.1) is 20.3 Å². The molecular formula is C22H35N4OS+. The Bertz CT molecular complexity index is 831. The van der Waals surface area contributed by atoms with Crippen molar-refractivity contribution in [1.29, 1.82) is 0 Å². The van der Waals surface area contributed by atoms with Crippen LogP contribution in [0.4, 0.5) is 5.69 Å². The van der Waals surface area contributed by atoms with Crippen LogP contribution in [0.15, 0.2) is 24.3 Å². The Balaban J connectivity index is 1.65. The van der Waals surface area contributed by atoms with E-state index in [-0.39, 0.29) is 0 Å². The number of quaternary nitrogens is 1. The lowest BCUT2D eigenvalue weighted by molar-refractivity contribution is -0.917. The second kappa shape index (κ2) is 9.25. The Hall–Kier alpha value is -1.63. The summed E-state index contributed by atoms with van der Waals surface area (Å²) in [4.78, 5) is 3.83. The third-order valence-corrected chi connectivity index (χ3v) is 6.03. The van der Waals surface area contributed by atoms with Crippen LogP contribution in [0.1, 0.15) is 30.8 Å². The molecule has 0 spiro atoms. The summed E-state index contributed by atoms with van der Waals surface area (Å²) in [6, 6.07) is 9.01. The lowest BCUT2D eigenvalue weighted by Gasteiger charge is -2.29. The predicted molar refractivity (Wildman–Crippen MR) is 118 cm³/mol. The summed E-state index contributed by atoms with van der Waals surface area (Å²) in [6.07, 6.45) is 0. The Labute approximate surface area is 174 Å². The van der Waals surface area contributed by atoms with Gasteiger partial charge in [0.25, 0.3) is 0 Å². The molecule has 154 valence electrons. The van der Waals surface area contributed by atoms with Crippen molar-refractivity contribution < 1.29 is 9.64 Å². The molecule has 0 radical (unpaired) electrons. The van der Waals surface area contributed by atoms with Crippen LogP contribution in [-0.4, -0.2) is 42.5 Å². The van der Waals surface area contributed by atoms with Crippen LogP contribution in [0.2, 0.25) is 0 Å². The lowest BCUT2D eigenvalue weighted by Crippen LogP contribution is -3.06. The van der Waals surface area contributed by atoms with E-state index in [1.54, 1.807) is 0 Å². The van der Waals surface area contributed by atoms with Crippen molar-refractivity contribution in [2.24, 2.45) is 5.92 Å². The van der Waals surface area contributed by atoms with Gasteiger partial charge < -0.3 is 19.1 Å². The number of imidazole rings is 1. The number of anilines is 1. The molecule has 6 heteroatoms. The standard InChI is InChI=1S/C22H34N4OS/c1-17(2)14-25-18(3)19(4)26(22(25)28)16-23(5)15-20-6-8-21(9-7-20)24-10-12-27-13-11-24/h6-9,17H,10-16H2,1-5H3/p+1. The first kappa shape index (κ1) is 21.1. The molecule has 3 rings (SSSR count). The Morgan fingerprint density at radius 1 is 1.04 bits per heavy atom. The third kappa shape index (κ3) is 4.85. The number of nitrogens with one attached hydrogen (secondary N) is 1. The van der Waals surface area contributed by atoms with E-state index in [0.717, 1.165) is 50.8 Å². The van der Waals surface area contributed by atoms with E-state index in [2.05, 4.69) is 73.0 Å². The minimum absolute atomic E-state index is 0.593. The number of ether oxygens (including phenoxy) is 1. The summed E-state index contributed by atoms with van der Waals surface area (Å²) < 4.78 is 11.0. The molecule has 0 bridgehead atoms. The van der Waals surface area contributed by atoms with Crippen molar-refractivity contribution in [3.63, 3.8) is 0 Å². The number of hydrogen-bond donors (Lipinski definition) is 1. The van der Waals surface area contributed by atoms with Crippen molar-refractivity contribution in [1.82, 2.24) is 9.13 Å². The maximum atomic E-state index is 5.79. The maximum Gasteiger partial charge on any atom is 0.184 e. The molecule has 1 unspecified atom stereocenters. The number of aromatic nitrogens is 2. The van der Waals surface area contributed by atoms with E-state index in [1.807, 2.05) is 0 Å². The molecule has 1 aromatic carbocycles. The summed E-state index contributed by atoms with van der Waals surface area (Å²) in [6.45, 7) is 15.3. The van der Waals surface area contributed by atoms with Gasteiger partial charge in [-0.2, -0.15) is 0 Å². The van der Waals surface area contributed by atoms with Gasteiger partial charge in [0, 0.05) is 42.3 Å². The highest BCUT2D eigenvalue weighted by Gasteiger charge is 2.16. The minimum atomic E-state index is 0.593. The molecule has 5 nitrogen and oxygen atoms in total. The van der Waals surface area contributed by atoms with Gasteiger partial charge in [-0.25, -0.2) is 0 Å². The maximum absolute atomic E-state index is 5.79. The zero-order valence-electron chi connectivity index (χ0n) is 18.0. The normalized spacial score (nSPS) is 16.0. The van der Waals surface area contributed by atoms with E-state index < -0.39 is 0 Å². The van der Waals surface area contributed by atoms with Crippen LogP contribution in [0.25, 0.3) is 0 Å². The van der Waals surface area contributed by atoms with Crippen molar-refractivity contribution in [3.8, 4) is 0 Å². The summed E-state index contributed by atoms with van der Waals surface area (Å²) in [5.74, 6) is 0.593. The summed E-state index contributed by atoms with van der Waals surface area (Å²) >= 11 is 5.79. The SMILES string of the molecule is Cc1c(C)n(C[NH+](C)Cc2ccc(N3CCOCC3)cc2)c(=S)n1CC(C)C. The topological polar surface area (TPSA) is 26.8 Å². The van der Waals surface area contributed by atoms with Crippen LogP contribution in [0, 0.1) is 24.5 Å². The van der Waals surface area contributed by atoms with Crippen LogP contribution >= 0.6 is 12.2 Å². The average Bonchev–Trinajstić information content (AvgIpc) is 2.87. The van der Waals surface area contributed by atoms with Gasteiger partial charge in [-0.1, -0.05) is 26.0 Å². The monoisotopic (exact) mass is 403 g/mol. The molecule has 1 atom stereocenters. The quantitative estimate of drug-likeness (QED) is 0.720. The lowest BCUT2D eigenvalue weighted by atomic mass is 10.2. The fourth-order valence-corrected chi connectivity index (χ4v) is 4.32. The number of hydrogen-bond acceptors (Lipinski definition) is 3. The Morgan fingerprint density at radius 2 is 1.64 bits per heavy atom. The zero-order valence-corrected chi connectivity index (χ0v) is 18.8. The predicted octanol–water partition coefficient (Wildman–Crippen LogP) is 2.80. The fraction of sp³-hybridized carbons (Fsp3) is 0.591. The molecular weight excluding hydrogens is 368 g/mol. The number of benzene rings is 1. The van der Waals surface area contributed by atoms with Gasteiger partial charge in [0.1, 0.15) is 6.54 Å². The molecule has 2 heterocycles. The molecule has 0 aliphatic carbocycles. The van der Waals surface area contributed by atoms with Gasteiger partial charge in [0.2, 0.25) is 0 Å². The third-order valence-electron chi connectivity index (χ3n) is 5.59. The van der Waals surface area contributed by atoms with E-state index in [9.17, 15) is 0 Å². The highest BCUT2D eigenvalue weighted by Crippen LogP contribution is 2.17. The molecule has 1 aliphatic heterocycles. The van der Waals surface area contributed by atoms with Crippen LogP contribution in [-0.2, 0) is 24.5 Å². The van der Waals surface area contributed by atoms with Crippen molar-refractivity contribution in [2.75, 3.05) is 38.3 Å². The van der Waals surface area contributed by atoms with Crippen LogP contribution in [0.5, 0.6) is 0 Å². The average molecular weight is 404 g/mol. The Kier molecular flexibility index (Phi) is 6.96. The fourth-order valence-electron chi connectivity index (χ4n) is 3.91. The van der Waals surface area contributed by atoms with E-state index in [1.165, 1.54) is 27.5 Å². The van der Waals surface area contributed by atoms with E-state index in [0.29, 0.717) is 5.92 Å². The molecule has 0 saturated carbocycles. The zero-order chi connectivity index (χ0) is 20.3. The second-order valence-electron chi connectivity index (χ2n) is 8.44. The molecule has 0 amide bonds. The molecule has 28 heavy (non-hydrogen) atoms. The molecule has 1 aromatic heterocycles. The number of morpholine rings is 1. The Morgan fingerprint density at radius 3 is 2.25 bits per heavy atom. The van der Waals surface area contributed by atoms with E-state index >= 15 is 0 Å². The molecule has 1 saturated heterocycles. The smallest absolute Gasteiger partial charge is 0.184 e. The summed E-state index contributed by atoms with van der Waals surface area (Å²) in [5, 5.41) is 0. The first-order valence-corrected chi connectivity index (χ1v) is 10.8. The first-order chi connectivity index (χ1) is 13.4. The highest BCUT2D eigenvalue weighted by atomic mass is 32.1. The molecule has 1 fully saturated rings. The molecule has 1 N–H and O–H groups in total. The first-order valence-electron chi connectivity index (χ1n) is 10.4. The van der Waals surface area contributed by atoms with Crippen LogP contribution in [0.3, 0.4) is 0 Å². The molecule has 1 aliphatic rings. The van der Waals surface area contributed by atoms with Crippen molar-refractivity contribution in [2.45, 2.75) is 47.5 Å². The summed E-state index contributed by atoms with van der Waals surface area (Å²) in [5.41, 5.74) is 5.23. The highest BCUT2D eigenvalue weighted by molar-refractivity contribution is 7.71. The van der Waals surface area contributed by atoms with Crippen LogP contribution < -0.4 is 9.80 Å². The minimum Gasteiger partial charge on any atom is -0.378 e. The molecule has 2 aromatic rings.